The Bertz CT molecular complexity index is 1770. The fraction of sp³-hybridized carbons (Fsp3) is 0. The van der Waals surface area contributed by atoms with Crippen LogP contribution in [0.15, 0.2) is 126 Å². The Hall–Kier alpha value is -4.19. The van der Waals surface area contributed by atoms with Gasteiger partial charge in [-0.2, -0.15) is 8.42 Å². The molecule has 0 aliphatic heterocycles. The van der Waals surface area contributed by atoms with Gasteiger partial charge in [0.15, 0.2) is 0 Å². The summed E-state index contributed by atoms with van der Waals surface area (Å²) in [4.78, 5) is -0.0741. The summed E-state index contributed by atoms with van der Waals surface area (Å²) in [5, 5.41) is 17.6. The van der Waals surface area contributed by atoms with Gasteiger partial charge in [0.1, 0.15) is 5.75 Å². The number of benzene rings is 6. The van der Waals surface area contributed by atoms with Gasteiger partial charge in [-0.15, -0.1) is 0 Å². The predicted molar refractivity (Wildman–Crippen MR) is 142 cm³/mol. The summed E-state index contributed by atoms with van der Waals surface area (Å²) in [7, 11) is -4.00. The van der Waals surface area contributed by atoms with Crippen LogP contribution in [0.2, 0.25) is 0 Å². The van der Waals surface area contributed by atoms with E-state index in [1.165, 1.54) is 28.3 Å². The lowest BCUT2D eigenvalue weighted by atomic mass is 9.92. The summed E-state index contributed by atoms with van der Waals surface area (Å²) in [6.45, 7) is 0. The summed E-state index contributed by atoms with van der Waals surface area (Å²) in [5.41, 5.74) is 1.97. The van der Waals surface area contributed by atoms with Crippen molar-refractivity contribution in [3.05, 3.63) is 121 Å². The summed E-state index contributed by atoms with van der Waals surface area (Å²) < 4.78 is 29.2. The summed E-state index contributed by atoms with van der Waals surface area (Å²) >= 11 is 0. The molecule has 0 aliphatic rings. The zero-order valence-electron chi connectivity index (χ0n) is 18.7. The third-order valence-corrected chi connectivity index (χ3v) is 6.83. The van der Waals surface area contributed by atoms with Gasteiger partial charge in [-0.25, -0.2) is 0 Å². The predicted octanol–water partition coefficient (Wildman–Crippen LogP) is 7.45. The highest BCUT2D eigenvalue weighted by Gasteiger charge is 2.13. The van der Waals surface area contributed by atoms with E-state index in [0.717, 1.165) is 27.3 Å². The molecule has 0 amide bonds. The van der Waals surface area contributed by atoms with Crippen molar-refractivity contribution in [1.29, 1.82) is 0 Å². The van der Waals surface area contributed by atoms with Gasteiger partial charge in [-0.05, 0) is 68.2 Å². The maximum absolute atomic E-state index is 10.7. The monoisotopic (exact) mass is 478 g/mol. The number of hydrogen-bond acceptors (Lipinski definition) is 3. The van der Waals surface area contributed by atoms with Gasteiger partial charge in [0.05, 0.1) is 4.90 Å². The van der Waals surface area contributed by atoms with Crippen LogP contribution < -0.4 is 0 Å². The van der Waals surface area contributed by atoms with E-state index in [9.17, 15) is 13.5 Å². The lowest BCUT2D eigenvalue weighted by Gasteiger charge is -2.13. The number of phenolic OH excluding ortho intramolecular Hbond substituents is 1. The molecule has 0 aromatic heterocycles. The van der Waals surface area contributed by atoms with Gasteiger partial charge in [0.2, 0.25) is 0 Å². The van der Waals surface area contributed by atoms with Gasteiger partial charge in [-0.3, -0.25) is 4.55 Å². The molecule has 172 valence electrons. The molecule has 35 heavy (non-hydrogen) atoms. The zero-order valence-corrected chi connectivity index (χ0v) is 19.5. The second-order valence-electron chi connectivity index (χ2n) is 8.20. The highest BCUT2D eigenvalue weighted by atomic mass is 32.2. The molecule has 6 rings (SSSR count). The first-order valence-electron chi connectivity index (χ1n) is 11.1. The van der Waals surface area contributed by atoms with Crippen molar-refractivity contribution in [1.82, 2.24) is 0 Å². The third kappa shape index (κ3) is 4.60. The van der Waals surface area contributed by atoms with Crippen LogP contribution in [-0.2, 0) is 10.1 Å². The van der Waals surface area contributed by atoms with Gasteiger partial charge in [0, 0.05) is 5.56 Å². The van der Waals surface area contributed by atoms with Crippen LogP contribution >= 0.6 is 0 Å². The largest absolute Gasteiger partial charge is 0.507 e. The van der Waals surface area contributed by atoms with E-state index < -0.39 is 10.1 Å². The van der Waals surface area contributed by atoms with E-state index in [0.29, 0.717) is 5.75 Å². The van der Waals surface area contributed by atoms with E-state index in [2.05, 4.69) is 66.7 Å². The van der Waals surface area contributed by atoms with Gasteiger partial charge >= 0.3 is 0 Å². The quantitative estimate of drug-likeness (QED) is 0.200. The molecule has 0 saturated heterocycles. The fourth-order valence-corrected chi connectivity index (χ4v) is 4.82. The smallest absolute Gasteiger partial charge is 0.294 e. The normalized spacial score (nSPS) is 11.3. The van der Waals surface area contributed by atoms with Crippen molar-refractivity contribution in [3.8, 4) is 16.9 Å². The second kappa shape index (κ2) is 9.22. The van der Waals surface area contributed by atoms with Gasteiger partial charge in [0.25, 0.3) is 10.1 Å². The maximum Gasteiger partial charge on any atom is 0.294 e. The van der Waals surface area contributed by atoms with Gasteiger partial charge in [-0.1, -0.05) is 91.0 Å². The number of fused-ring (bicyclic) bond motifs is 3. The molecule has 0 unspecified atom stereocenters. The first-order valence-corrected chi connectivity index (χ1v) is 12.5. The number of phenols is 1. The van der Waals surface area contributed by atoms with Crippen molar-refractivity contribution < 1.29 is 18.1 Å². The summed E-state index contributed by atoms with van der Waals surface area (Å²) in [6.07, 6.45) is 0. The molecule has 6 aromatic carbocycles. The molecule has 0 aliphatic carbocycles. The first kappa shape index (κ1) is 22.6. The molecule has 0 heterocycles. The van der Waals surface area contributed by atoms with Crippen LogP contribution in [0, 0.1) is 0 Å². The third-order valence-electron chi connectivity index (χ3n) is 5.96. The number of rotatable bonds is 2. The standard InChI is InChI=1S/C24H16O.C6H6O3S/c25-23-13-12-19-14-17-7-1-2-8-18(17)15-22(19)24(23)21-11-5-9-16-6-3-4-10-20(16)21;7-10(8,9)6-4-2-1-3-5-6/h1-15,25H;1-5H,(H,7,8,9). The zero-order chi connectivity index (χ0) is 24.4. The molecule has 0 fully saturated rings. The van der Waals surface area contributed by atoms with Crippen LogP contribution in [0.1, 0.15) is 0 Å². The van der Waals surface area contributed by atoms with Crippen LogP contribution in [0.3, 0.4) is 0 Å². The first-order chi connectivity index (χ1) is 16.9. The average molecular weight is 479 g/mol. The van der Waals surface area contributed by atoms with Crippen molar-refractivity contribution in [2.45, 2.75) is 4.90 Å². The summed E-state index contributed by atoms with van der Waals surface area (Å²) in [5.74, 6) is 0.319. The van der Waals surface area contributed by atoms with Crippen LogP contribution in [0.25, 0.3) is 43.4 Å². The lowest BCUT2D eigenvalue weighted by molar-refractivity contribution is 0.478. The van der Waals surface area contributed by atoms with Crippen molar-refractivity contribution in [2.75, 3.05) is 0 Å². The molecular formula is C30H22O4S. The average Bonchev–Trinajstić information content (AvgIpc) is 2.88. The molecule has 2 N–H and O–H groups in total. The van der Waals surface area contributed by atoms with Crippen LogP contribution in [0.5, 0.6) is 5.75 Å². The fourth-order valence-electron chi connectivity index (χ4n) is 4.32. The molecule has 0 spiro atoms. The number of aromatic hydroxyl groups is 1. The highest BCUT2D eigenvalue weighted by molar-refractivity contribution is 7.85. The maximum atomic E-state index is 10.7. The molecule has 0 bridgehead atoms. The Balaban J connectivity index is 0.000000214. The number of hydrogen-bond donors (Lipinski definition) is 2. The molecule has 0 radical (unpaired) electrons. The minimum atomic E-state index is -4.00. The van der Waals surface area contributed by atoms with E-state index in [1.54, 1.807) is 24.3 Å². The van der Waals surface area contributed by atoms with E-state index in [1.807, 2.05) is 18.2 Å². The molecule has 5 heteroatoms. The Labute approximate surface area is 203 Å². The minimum Gasteiger partial charge on any atom is -0.507 e. The lowest BCUT2D eigenvalue weighted by Crippen LogP contribution is -1.96. The SMILES string of the molecule is O=S(=O)(O)c1ccccc1.Oc1ccc2cc3ccccc3cc2c1-c1cccc2ccccc12. The molecule has 0 saturated carbocycles. The molecular weight excluding hydrogens is 456 g/mol. The Morgan fingerprint density at radius 3 is 1.80 bits per heavy atom. The van der Waals surface area contributed by atoms with E-state index >= 15 is 0 Å². The Kier molecular flexibility index (Phi) is 5.95. The van der Waals surface area contributed by atoms with Crippen molar-refractivity contribution >= 4 is 42.4 Å². The minimum absolute atomic E-state index is 0.0741. The topological polar surface area (TPSA) is 74.6 Å². The molecule has 4 nitrogen and oxygen atoms in total. The molecule has 6 aromatic rings. The van der Waals surface area contributed by atoms with E-state index in [4.69, 9.17) is 4.55 Å². The Morgan fingerprint density at radius 1 is 0.514 bits per heavy atom. The molecule has 0 atom stereocenters. The van der Waals surface area contributed by atoms with Crippen LogP contribution in [-0.4, -0.2) is 18.1 Å². The van der Waals surface area contributed by atoms with Crippen molar-refractivity contribution in [2.24, 2.45) is 0 Å². The summed E-state index contributed by atoms with van der Waals surface area (Å²) in [6, 6.07) is 38.5. The Morgan fingerprint density at radius 2 is 1.11 bits per heavy atom. The van der Waals surface area contributed by atoms with Crippen molar-refractivity contribution in [3.63, 3.8) is 0 Å². The van der Waals surface area contributed by atoms with Gasteiger partial charge < -0.3 is 5.11 Å². The van der Waals surface area contributed by atoms with Crippen LogP contribution in [0.4, 0.5) is 0 Å². The highest BCUT2D eigenvalue weighted by Crippen LogP contribution is 2.41. The second-order valence-corrected chi connectivity index (χ2v) is 9.62. The van der Waals surface area contributed by atoms with E-state index in [-0.39, 0.29) is 4.90 Å².